The summed E-state index contributed by atoms with van der Waals surface area (Å²) in [6.45, 7) is 2.64. The van der Waals surface area contributed by atoms with Gasteiger partial charge in [-0.2, -0.15) is 13.2 Å². The fourth-order valence-electron chi connectivity index (χ4n) is 1.87. The fourth-order valence-corrected chi connectivity index (χ4v) is 1.87. The Bertz CT molecular complexity index is 420. The third-order valence-corrected chi connectivity index (χ3v) is 2.64. The number of benzene rings is 1. The van der Waals surface area contributed by atoms with E-state index in [1.54, 1.807) is 6.92 Å². The van der Waals surface area contributed by atoms with Gasteiger partial charge in [0.15, 0.2) is 11.5 Å². The summed E-state index contributed by atoms with van der Waals surface area (Å²) in [4.78, 5) is 0. The zero-order valence-electron chi connectivity index (χ0n) is 9.88. The van der Waals surface area contributed by atoms with Crippen molar-refractivity contribution in [2.45, 2.75) is 19.1 Å². The summed E-state index contributed by atoms with van der Waals surface area (Å²) in [5.74, 6) is 0.855. The van der Waals surface area contributed by atoms with Crippen LogP contribution in [0.4, 0.5) is 13.2 Å². The normalized spacial score (nSPS) is 16.4. The first kappa shape index (κ1) is 13.0. The molecule has 0 radical (unpaired) electrons. The molecule has 1 aliphatic rings. The molecular formula is C12H14F3NO2. The molecule has 3 nitrogen and oxygen atoms in total. The van der Waals surface area contributed by atoms with Crippen LogP contribution in [0.2, 0.25) is 0 Å². The number of halogens is 3. The predicted octanol–water partition coefficient (Wildman–Crippen LogP) is 2.67. The molecule has 1 aromatic carbocycles. The Labute approximate surface area is 103 Å². The van der Waals surface area contributed by atoms with Crippen LogP contribution < -0.4 is 14.8 Å². The number of fused-ring (bicyclic) bond motifs is 1. The molecule has 0 amide bonds. The minimum Gasteiger partial charge on any atom is -0.486 e. The Morgan fingerprint density at radius 3 is 2.50 bits per heavy atom. The van der Waals surface area contributed by atoms with Gasteiger partial charge in [0.1, 0.15) is 19.3 Å². The number of hydrogen-bond donors (Lipinski definition) is 1. The molecule has 100 valence electrons. The molecule has 0 aromatic heterocycles. The summed E-state index contributed by atoms with van der Waals surface area (Å²) in [7, 11) is 0. The topological polar surface area (TPSA) is 30.5 Å². The Balaban J connectivity index is 2.30. The van der Waals surface area contributed by atoms with Crippen LogP contribution in [-0.2, 0) is 0 Å². The number of nitrogens with one attached hydrogen (secondary N) is 1. The van der Waals surface area contributed by atoms with E-state index in [0.29, 0.717) is 24.7 Å². The van der Waals surface area contributed by atoms with Crippen LogP contribution in [-0.4, -0.2) is 25.9 Å². The van der Waals surface area contributed by atoms with E-state index < -0.39 is 12.2 Å². The van der Waals surface area contributed by atoms with E-state index in [-0.39, 0.29) is 12.1 Å². The predicted molar refractivity (Wildman–Crippen MR) is 59.9 cm³/mol. The summed E-state index contributed by atoms with van der Waals surface area (Å²) in [5, 5.41) is 2.42. The van der Waals surface area contributed by atoms with Gasteiger partial charge in [-0.15, -0.1) is 0 Å². The van der Waals surface area contributed by atoms with Crippen molar-refractivity contribution in [2.75, 3.05) is 19.8 Å². The maximum Gasteiger partial charge on any atom is 0.407 e. The first-order valence-corrected chi connectivity index (χ1v) is 5.72. The summed E-state index contributed by atoms with van der Waals surface area (Å²) in [6, 6.07) is 2.63. The highest BCUT2D eigenvalue weighted by molar-refractivity contribution is 5.45. The van der Waals surface area contributed by atoms with Crippen LogP contribution >= 0.6 is 0 Å². The third-order valence-electron chi connectivity index (χ3n) is 2.64. The van der Waals surface area contributed by atoms with Gasteiger partial charge in [-0.3, -0.25) is 0 Å². The molecule has 0 spiro atoms. The van der Waals surface area contributed by atoms with Crippen molar-refractivity contribution in [2.24, 2.45) is 0 Å². The van der Waals surface area contributed by atoms with E-state index in [4.69, 9.17) is 9.47 Å². The second-order valence-corrected chi connectivity index (χ2v) is 3.94. The van der Waals surface area contributed by atoms with Crippen LogP contribution in [0.1, 0.15) is 18.5 Å². The maximum atomic E-state index is 12.9. The van der Waals surface area contributed by atoms with Gasteiger partial charge in [-0.25, -0.2) is 0 Å². The zero-order valence-corrected chi connectivity index (χ0v) is 9.88. The molecule has 0 aliphatic carbocycles. The molecule has 0 saturated carbocycles. The molecule has 1 heterocycles. The van der Waals surface area contributed by atoms with Crippen LogP contribution in [0.15, 0.2) is 18.2 Å². The quantitative estimate of drug-likeness (QED) is 0.907. The highest BCUT2D eigenvalue weighted by Crippen LogP contribution is 2.37. The monoisotopic (exact) mass is 261 g/mol. The van der Waals surface area contributed by atoms with E-state index in [2.05, 4.69) is 5.32 Å². The Hall–Kier alpha value is -1.43. The standard InChI is InChI=1S/C12H14F3NO2/c1-2-16-11(12(13,14)15)8-3-4-9-10(7-8)18-6-5-17-9/h3-4,7,11,16H,2,5-6H2,1H3. The molecule has 1 atom stereocenters. The molecule has 0 fully saturated rings. The summed E-state index contributed by atoms with van der Waals surface area (Å²) >= 11 is 0. The minimum atomic E-state index is -4.33. The van der Waals surface area contributed by atoms with Crippen LogP contribution in [0.3, 0.4) is 0 Å². The first-order chi connectivity index (χ1) is 8.52. The van der Waals surface area contributed by atoms with Crippen molar-refractivity contribution in [3.8, 4) is 11.5 Å². The maximum absolute atomic E-state index is 12.9. The molecule has 6 heteroatoms. The smallest absolute Gasteiger partial charge is 0.407 e. The van der Waals surface area contributed by atoms with Gasteiger partial charge in [-0.1, -0.05) is 13.0 Å². The van der Waals surface area contributed by atoms with Crippen LogP contribution in [0.5, 0.6) is 11.5 Å². The fraction of sp³-hybridized carbons (Fsp3) is 0.500. The van der Waals surface area contributed by atoms with Gasteiger partial charge in [0.05, 0.1) is 0 Å². The van der Waals surface area contributed by atoms with Crippen molar-refractivity contribution in [3.63, 3.8) is 0 Å². The molecular weight excluding hydrogens is 247 g/mol. The van der Waals surface area contributed by atoms with Gasteiger partial charge in [0, 0.05) is 0 Å². The van der Waals surface area contributed by atoms with Crippen molar-refractivity contribution in [3.05, 3.63) is 23.8 Å². The lowest BCUT2D eigenvalue weighted by Crippen LogP contribution is -2.34. The Kier molecular flexibility index (Phi) is 3.65. The molecule has 1 aromatic rings. The number of hydrogen-bond acceptors (Lipinski definition) is 3. The van der Waals surface area contributed by atoms with Crippen molar-refractivity contribution >= 4 is 0 Å². The van der Waals surface area contributed by atoms with Crippen molar-refractivity contribution in [1.82, 2.24) is 5.32 Å². The average molecular weight is 261 g/mol. The average Bonchev–Trinajstić information content (AvgIpc) is 2.34. The molecule has 0 bridgehead atoms. The SMILES string of the molecule is CCNC(c1ccc2c(c1)OCCO2)C(F)(F)F. The number of rotatable bonds is 3. The number of ether oxygens (including phenoxy) is 2. The first-order valence-electron chi connectivity index (χ1n) is 5.72. The lowest BCUT2D eigenvalue weighted by Gasteiger charge is -2.24. The van der Waals surface area contributed by atoms with E-state index in [0.717, 1.165) is 0 Å². The molecule has 1 unspecified atom stereocenters. The van der Waals surface area contributed by atoms with Gasteiger partial charge >= 0.3 is 6.18 Å². The van der Waals surface area contributed by atoms with E-state index in [1.807, 2.05) is 0 Å². The van der Waals surface area contributed by atoms with Crippen LogP contribution in [0.25, 0.3) is 0 Å². The molecule has 18 heavy (non-hydrogen) atoms. The second-order valence-electron chi connectivity index (χ2n) is 3.94. The van der Waals surface area contributed by atoms with Crippen molar-refractivity contribution < 1.29 is 22.6 Å². The highest BCUT2D eigenvalue weighted by atomic mass is 19.4. The summed E-state index contributed by atoms with van der Waals surface area (Å²) in [5.41, 5.74) is 0.133. The Morgan fingerprint density at radius 1 is 1.22 bits per heavy atom. The minimum absolute atomic E-state index is 0.133. The third kappa shape index (κ3) is 2.69. The van der Waals surface area contributed by atoms with Gasteiger partial charge in [0.25, 0.3) is 0 Å². The number of alkyl halides is 3. The molecule has 0 saturated heterocycles. The van der Waals surface area contributed by atoms with E-state index >= 15 is 0 Å². The molecule has 1 N–H and O–H groups in total. The molecule has 1 aliphatic heterocycles. The second kappa shape index (κ2) is 5.06. The van der Waals surface area contributed by atoms with Gasteiger partial charge < -0.3 is 14.8 Å². The van der Waals surface area contributed by atoms with Crippen molar-refractivity contribution in [1.29, 1.82) is 0 Å². The Morgan fingerprint density at radius 2 is 1.89 bits per heavy atom. The summed E-state index contributed by atoms with van der Waals surface area (Å²) in [6.07, 6.45) is -4.33. The largest absolute Gasteiger partial charge is 0.486 e. The van der Waals surface area contributed by atoms with Crippen LogP contribution in [0, 0.1) is 0 Å². The van der Waals surface area contributed by atoms with E-state index in [1.165, 1.54) is 18.2 Å². The van der Waals surface area contributed by atoms with Gasteiger partial charge in [0.2, 0.25) is 0 Å². The van der Waals surface area contributed by atoms with E-state index in [9.17, 15) is 13.2 Å². The molecule has 2 rings (SSSR count). The zero-order chi connectivity index (χ0) is 13.2. The summed E-state index contributed by atoms with van der Waals surface area (Å²) < 4.78 is 49.2. The van der Waals surface area contributed by atoms with Gasteiger partial charge in [-0.05, 0) is 24.2 Å². The highest BCUT2D eigenvalue weighted by Gasteiger charge is 2.40. The lowest BCUT2D eigenvalue weighted by atomic mass is 10.1. The lowest BCUT2D eigenvalue weighted by molar-refractivity contribution is -0.157.